The standard InChI is InChI=1S/C28H38N2O6/c1-19(2)36-24-13-9-21(10-14-24)28(34)25(18-30-16-15-22(31)17-30)29-27(33)6-4-5-26(32)20-7-11-23(35-3)12-8-20/h7-14,19,22,25,28,31,34H,4-6,15-18H2,1-3H3,(H,29,33)/t22-,25+,28+/m0/s1. The van der Waals surface area contributed by atoms with Crippen LogP contribution in [-0.2, 0) is 4.79 Å². The molecule has 0 bridgehead atoms. The van der Waals surface area contributed by atoms with E-state index in [2.05, 4.69) is 5.32 Å². The topological polar surface area (TPSA) is 108 Å². The number of ether oxygens (including phenoxy) is 2. The molecule has 1 heterocycles. The Balaban J connectivity index is 1.57. The number of carbonyl (C=O) groups excluding carboxylic acids is 2. The number of amides is 1. The van der Waals surface area contributed by atoms with E-state index in [-0.39, 0.29) is 30.6 Å². The smallest absolute Gasteiger partial charge is 0.220 e. The van der Waals surface area contributed by atoms with Crippen molar-refractivity contribution < 1.29 is 29.3 Å². The molecule has 0 unspecified atom stereocenters. The lowest BCUT2D eigenvalue weighted by Gasteiger charge is -2.29. The fourth-order valence-corrected chi connectivity index (χ4v) is 4.34. The van der Waals surface area contributed by atoms with Crippen LogP contribution in [-0.4, -0.2) is 71.8 Å². The Bertz CT molecular complexity index is 977. The molecule has 0 aliphatic carbocycles. The molecule has 36 heavy (non-hydrogen) atoms. The van der Waals surface area contributed by atoms with Crippen molar-refractivity contribution in [2.45, 2.75) is 63.9 Å². The van der Waals surface area contributed by atoms with Gasteiger partial charge in [-0.05, 0) is 68.7 Å². The number of benzene rings is 2. The highest BCUT2D eigenvalue weighted by atomic mass is 16.5. The van der Waals surface area contributed by atoms with Gasteiger partial charge in [-0.3, -0.25) is 14.5 Å². The number of likely N-dealkylation sites (tertiary alicyclic amines) is 1. The molecular formula is C28H38N2O6. The first-order valence-electron chi connectivity index (χ1n) is 12.6. The summed E-state index contributed by atoms with van der Waals surface area (Å²) in [6, 6.07) is 13.6. The molecule has 1 aliphatic rings. The lowest BCUT2D eigenvalue weighted by molar-refractivity contribution is -0.123. The number of carbonyl (C=O) groups is 2. The Labute approximate surface area is 213 Å². The molecule has 1 amide bonds. The van der Waals surface area contributed by atoms with Crippen molar-refractivity contribution in [2.24, 2.45) is 0 Å². The van der Waals surface area contributed by atoms with Crippen LogP contribution < -0.4 is 14.8 Å². The van der Waals surface area contributed by atoms with Crippen LogP contribution in [0.4, 0.5) is 0 Å². The molecular weight excluding hydrogens is 460 g/mol. The van der Waals surface area contributed by atoms with Crippen molar-refractivity contribution in [3.8, 4) is 11.5 Å². The Morgan fingerprint density at radius 2 is 1.72 bits per heavy atom. The highest BCUT2D eigenvalue weighted by Gasteiger charge is 2.29. The van der Waals surface area contributed by atoms with Gasteiger partial charge < -0.3 is 25.0 Å². The number of nitrogens with one attached hydrogen (secondary N) is 1. The summed E-state index contributed by atoms with van der Waals surface area (Å²) < 4.78 is 10.8. The van der Waals surface area contributed by atoms with Gasteiger partial charge in [0.25, 0.3) is 0 Å². The normalized spacial score (nSPS) is 17.6. The number of Topliss-reactive ketones (excluding diaryl/α,β-unsaturated/α-hetero) is 1. The van der Waals surface area contributed by atoms with E-state index in [1.807, 2.05) is 30.9 Å². The largest absolute Gasteiger partial charge is 0.497 e. The van der Waals surface area contributed by atoms with Gasteiger partial charge in [0, 0.05) is 38.0 Å². The second-order valence-corrected chi connectivity index (χ2v) is 9.56. The number of hydrogen-bond acceptors (Lipinski definition) is 7. The van der Waals surface area contributed by atoms with Crippen LogP contribution >= 0.6 is 0 Å². The van der Waals surface area contributed by atoms with Crippen molar-refractivity contribution in [3.05, 3.63) is 59.7 Å². The van der Waals surface area contributed by atoms with Crippen molar-refractivity contribution in [1.82, 2.24) is 10.2 Å². The monoisotopic (exact) mass is 498 g/mol. The van der Waals surface area contributed by atoms with Gasteiger partial charge in [-0.25, -0.2) is 0 Å². The van der Waals surface area contributed by atoms with E-state index in [1.165, 1.54) is 0 Å². The maximum absolute atomic E-state index is 12.8. The summed E-state index contributed by atoms with van der Waals surface area (Å²) in [5.74, 6) is 1.15. The molecule has 2 aromatic rings. The average molecular weight is 499 g/mol. The highest BCUT2D eigenvalue weighted by Crippen LogP contribution is 2.23. The number of ketones is 1. The molecule has 1 aliphatic heterocycles. The van der Waals surface area contributed by atoms with Crippen LogP contribution in [0.5, 0.6) is 11.5 Å². The molecule has 0 saturated carbocycles. The van der Waals surface area contributed by atoms with E-state index < -0.39 is 18.2 Å². The summed E-state index contributed by atoms with van der Waals surface area (Å²) >= 11 is 0. The zero-order valence-electron chi connectivity index (χ0n) is 21.4. The van der Waals surface area contributed by atoms with Gasteiger partial charge in [0.05, 0.1) is 25.4 Å². The summed E-state index contributed by atoms with van der Waals surface area (Å²) in [6.07, 6.45) is 0.230. The molecule has 2 aromatic carbocycles. The van der Waals surface area contributed by atoms with Gasteiger partial charge in [0.2, 0.25) is 5.91 Å². The molecule has 0 spiro atoms. The molecule has 3 atom stereocenters. The van der Waals surface area contributed by atoms with E-state index in [1.54, 1.807) is 43.5 Å². The van der Waals surface area contributed by atoms with E-state index in [0.717, 1.165) is 0 Å². The Hall–Kier alpha value is -2.94. The average Bonchev–Trinajstić information content (AvgIpc) is 3.27. The van der Waals surface area contributed by atoms with Crippen molar-refractivity contribution in [3.63, 3.8) is 0 Å². The van der Waals surface area contributed by atoms with E-state index in [9.17, 15) is 19.8 Å². The van der Waals surface area contributed by atoms with Gasteiger partial charge >= 0.3 is 0 Å². The van der Waals surface area contributed by atoms with Crippen LogP contribution in [0, 0.1) is 0 Å². The predicted octanol–water partition coefficient (Wildman–Crippen LogP) is 3.12. The third kappa shape index (κ3) is 8.33. The number of aliphatic hydroxyl groups excluding tert-OH is 2. The third-order valence-electron chi connectivity index (χ3n) is 6.24. The van der Waals surface area contributed by atoms with Gasteiger partial charge in [0.15, 0.2) is 5.78 Å². The maximum atomic E-state index is 12.8. The van der Waals surface area contributed by atoms with Gasteiger partial charge in [0.1, 0.15) is 17.6 Å². The molecule has 8 heteroatoms. The van der Waals surface area contributed by atoms with E-state index in [4.69, 9.17) is 9.47 Å². The summed E-state index contributed by atoms with van der Waals surface area (Å²) in [5.41, 5.74) is 1.26. The molecule has 1 saturated heterocycles. The first-order valence-corrected chi connectivity index (χ1v) is 12.6. The first-order chi connectivity index (χ1) is 17.2. The Morgan fingerprint density at radius 3 is 2.31 bits per heavy atom. The molecule has 8 nitrogen and oxygen atoms in total. The number of aliphatic hydroxyl groups is 2. The van der Waals surface area contributed by atoms with Crippen LogP contribution in [0.15, 0.2) is 48.5 Å². The maximum Gasteiger partial charge on any atom is 0.220 e. The van der Waals surface area contributed by atoms with Crippen molar-refractivity contribution in [2.75, 3.05) is 26.7 Å². The fraction of sp³-hybridized carbons (Fsp3) is 0.500. The fourth-order valence-electron chi connectivity index (χ4n) is 4.34. The van der Waals surface area contributed by atoms with Gasteiger partial charge in [-0.15, -0.1) is 0 Å². The summed E-state index contributed by atoms with van der Waals surface area (Å²) in [5, 5.41) is 24.0. The van der Waals surface area contributed by atoms with Gasteiger partial charge in [-0.2, -0.15) is 0 Å². The van der Waals surface area contributed by atoms with Crippen LogP contribution in [0.3, 0.4) is 0 Å². The van der Waals surface area contributed by atoms with Gasteiger partial charge in [-0.1, -0.05) is 12.1 Å². The zero-order valence-corrected chi connectivity index (χ0v) is 21.4. The molecule has 3 N–H and O–H groups in total. The first kappa shape index (κ1) is 27.6. The minimum atomic E-state index is -0.930. The second kappa shape index (κ2) is 13.4. The SMILES string of the molecule is COc1ccc(C(=O)CCCC(=O)N[C@H](CN2CC[C@H](O)C2)[C@H](O)c2ccc(OC(C)C)cc2)cc1. The van der Waals surface area contributed by atoms with E-state index >= 15 is 0 Å². The third-order valence-corrected chi connectivity index (χ3v) is 6.24. The highest BCUT2D eigenvalue weighted by molar-refractivity contribution is 5.96. The quantitative estimate of drug-likeness (QED) is 0.364. The number of nitrogens with zero attached hydrogens (tertiary/aromatic N) is 1. The Kier molecular flexibility index (Phi) is 10.3. The number of methoxy groups -OCH3 is 1. The minimum absolute atomic E-state index is 0.0307. The lowest BCUT2D eigenvalue weighted by Crippen LogP contribution is -2.47. The predicted molar refractivity (Wildman–Crippen MR) is 137 cm³/mol. The number of rotatable bonds is 13. The molecule has 1 fully saturated rings. The summed E-state index contributed by atoms with van der Waals surface area (Å²) in [6.45, 7) is 5.53. The van der Waals surface area contributed by atoms with Crippen LogP contribution in [0.2, 0.25) is 0 Å². The van der Waals surface area contributed by atoms with Crippen LogP contribution in [0.25, 0.3) is 0 Å². The molecule has 3 rings (SSSR count). The van der Waals surface area contributed by atoms with E-state index in [0.29, 0.717) is 55.1 Å². The summed E-state index contributed by atoms with van der Waals surface area (Å²) in [7, 11) is 1.57. The van der Waals surface area contributed by atoms with Crippen LogP contribution in [0.1, 0.15) is 61.6 Å². The summed E-state index contributed by atoms with van der Waals surface area (Å²) in [4.78, 5) is 27.3. The van der Waals surface area contributed by atoms with Crippen molar-refractivity contribution in [1.29, 1.82) is 0 Å². The number of hydrogen-bond donors (Lipinski definition) is 3. The lowest BCUT2D eigenvalue weighted by atomic mass is 10.0. The number of β-amino-alcohol motifs (C(OH)–C–C–N with tert-alkyl or cyclic N) is 1. The molecule has 0 aromatic heterocycles. The Morgan fingerprint density at radius 1 is 1.06 bits per heavy atom. The van der Waals surface area contributed by atoms with Crippen molar-refractivity contribution >= 4 is 11.7 Å². The minimum Gasteiger partial charge on any atom is -0.497 e. The zero-order chi connectivity index (χ0) is 26.1. The second-order valence-electron chi connectivity index (χ2n) is 9.56. The molecule has 0 radical (unpaired) electrons. The molecule has 196 valence electrons.